The van der Waals surface area contributed by atoms with Crippen LogP contribution in [-0.4, -0.2) is 18.2 Å². The van der Waals surface area contributed by atoms with Crippen LogP contribution < -0.4 is 4.72 Å². The second-order valence-electron chi connectivity index (χ2n) is 5.21. The van der Waals surface area contributed by atoms with Gasteiger partial charge in [-0.3, -0.25) is 9.40 Å². The fourth-order valence-corrected chi connectivity index (χ4v) is 4.54. The lowest BCUT2D eigenvalue weighted by atomic mass is 10.2. The molecule has 1 aromatic carbocycles. The van der Waals surface area contributed by atoms with Crippen molar-refractivity contribution in [3.8, 4) is 11.3 Å². The second-order valence-corrected chi connectivity index (χ2v) is 8.03. The molecule has 1 N–H and O–H groups in total. The number of nitrogens with one attached hydrogen (secondary N) is 1. The number of hydrogen-bond acceptors (Lipinski definition) is 4. The Kier molecular flexibility index (Phi) is 4.68. The van der Waals surface area contributed by atoms with Gasteiger partial charge < -0.3 is 0 Å². The number of aromatic nitrogens is 2. The molecule has 0 unspecified atom stereocenters. The largest absolute Gasteiger partial charge is 0.279 e. The van der Waals surface area contributed by atoms with E-state index in [9.17, 15) is 12.8 Å². The summed E-state index contributed by atoms with van der Waals surface area (Å²) in [5.41, 5.74) is 1.87. The Morgan fingerprint density at radius 3 is 2.88 bits per heavy atom. The molecular weight excluding hydrogens is 349 g/mol. The van der Waals surface area contributed by atoms with Crippen LogP contribution in [0, 0.1) is 5.82 Å². The first-order valence-electron chi connectivity index (χ1n) is 7.38. The number of sulfonamides is 1. The van der Waals surface area contributed by atoms with Gasteiger partial charge in [0.2, 0.25) is 0 Å². The number of benzene rings is 1. The van der Waals surface area contributed by atoms with Crippen molar-refractivity contribution in [2.75, 3.05) is 4.72 Å². The zero-order valence-electron chi connectivity index (χ0n) is 12.9. The Morgan fingerprint density at radius 1 is 1.29 bits per heavy atom. The summed E-state index contributed by atoms with van der Waals surface area (Å²) < 4.78 is 42.5. The SMILES string of the molecule is CCCn1nccc1-c1csc(S(=O)(=O)Nc2cccc(F)c2)c1. The van der Waals surface area contributed by atoms with Crippen LogP contribution in [0.3, 0.4) is 0 Å². The molecule has 3 aromatic rings. The van der Waals surface area contributed by atoms with Gasteiger partial charge in [-0.15, -0.1) is 11.3 Å². The van der Waals surface area contributed by atoms with Crippen molar-refractivity contribution in [2.45, 2.75) is 24.1 Å². The fraction of sp³-hybridized carbons (Fsp3) is 0.188. The third-order valence-electron chi connectivity index (χ3n) is 3.36. The smallest absolute Gasteiger partial charge is 0.271 e. The van der Waals surface area contributed by atoms with Crippen molar-refractivity contribution in [2.24, 2.45) is 0 Å². The molecule has 0 atom stereocenters. The number of halogens is 1. The molecular formula is C16H16FN3O2S2. The van der Waals surface area contributed by atoms with Gasteiger partial charge in [0, 0.05) is 23.7 Å². The number of thiophene rings is 1. The van der Waals surface area contributed by atoms with Gasteiger partial charge in [0.05, 0.1) is 11.4 Å². The van der Waals surface area contributed by atoms with E-state index in [2.05, 4.69) is 16.7 Å². The molecule has 126 valence electrons. The number of anilines is 1. The number of hydrogen-bond donors (Lipinski definition) is 1. The maximum absolute atomic E-state index is 13.2. The summed E-state index contributed by atoms with van der Waals surface area (Å²) in [6.07, 6.45) is 2.63. The van der Waals surface area contributed by atoms with E-state index < -0.39 is 15.8 Å². The molecule has 5 nitrogen and oxygen atoms in total. The Hall–Kier alpha value is -2.19. The lowest BCUT2D eigenvalue weighted by molar-refractivity contribution is 0.602. The normalized spacial score (nSPS) is 11.6. The van der Waals surface area contributed by atoms with E-state index in [1.54, 1.807) is 17.6 Å². The third-order valence-corrected chi connectivity index (χ3v) is 6.19. The summed E-state index contributed by atoms with van der Waals surface area (Å²) in [5.74, 6) is -0.495. The highest BCUT2D eigenvalue weighted by Crippen LogP contribution is 2.29. The molecule has 2 aromatic heterocycles. The van der Waals surface area contributed by atoms with E-state index in [4.69, 9.17) is 0 Å². The monoisotopic (exact) mass is 365 g/mol. The minimum absolute atomic E-state index is 0.172. The number of nitrogens with zero attached hydrogens (tertiary/aromatic N) is 2. The molecule has 0 aliphatic carbocycles. The van der Waals surface area contributed by atoms with Crippen molar-refractivity contribution in [1.29, 1.82) is 0 Å². The van der Waals surface area contributed by atoms with Crippen LogP contribution in [0.2, 0.25) is 0 Å². The highest BCUT2D eigenvalue weighted by atomic mass is 32.2. The van der Waals surface area contributed by atoms with E-state index in [0.29, 0.717) is 0 Å². The average Bonchev–Trinajstić information content (AvgIpc) is 3.15. The molecule has 0 saturated heterocycles. The zero-order chi connectivity index (χ0) is 17.2. The van der Waals surface area contributed by atoms with Crippen LogP contribution in [-0.2, 0) is 16.6 Å². The number of aryl methyl sites for hydroxylation is 1. The summed E-state index contributed by atoms with van der Waals surface area (Å²) in [6, 6.07) is 8.82. The van der Waals surface area contributed by atoms with Crippen LogP contribution in [0.4, 0.5) is 10.1 Å². The standard InChI is InChI=1S/C16H16FN3O2S2/c1-2-8-20-15(6-7-18-20)12-9-16(23-11-12)24(21,22)19-14-5-3-4-13(17)10-14/h3-7,9-11,19H,2,8H2,1H3. The first kappa shape index (κ1) is 16.7. The lowest BCUT2D eigenvalue weighted by Crippen LogP contribution is -2.11. The Labute approximate surface area is 143 Å². The van der Waals surface area contributed by atoms with Crippen molar-refractivity contribution in [3.63, 3.8) is 0 Å². The van der Waals surface area contributed by atoms with E-state index in [-0.39, 0.29) is 9.90 Å². The van der Waals surface area contributed by atoms with Gasteiger partial charge in [0.15, 0.2) is 0 Å². The minimum atomic E-state index is -3.75. The molecule has 0 aliphatic heterocycles. The molecule has 3 rings (SSSR count). The predicted octanol–water partition coefficient (Wildman–Crippen LogP) is 3.96. The second kappa shape index (κ2) is 6.74. The topological polar surface area (TPSA) is 64.0 Å². The molecule has 0 bridgehead atoms. The highest BCUT2D eigenvalue weighted by molar-refractivity contribution is 7.94. The van der Waals surface area contributed by atoms with Crippen molar-refractivity contribution < 1.29 is 12.8 Å². The molecule has 0 saturated carbocycles. The summed E-state index contributed by atoms with van der Waals surface area (Å²) in [4.78, 5) is 0. The average molecular weight is 365 g/mol. The van der Waals surface area contributed by atoms with Crippen LogP contribution in [0.15, 0.2) is 52.2 Å². The van der Waals surface area contributed by atoms with Crippen LogP contribution in [0.5, 0.6) is 0 Å². The van der Waals surface area contributed by atoms with Crippen LogP contribution in [0.25, 0.3) is 11.3 Å². The summed E-state index contributed by atoms with van der Waals surface area (Å²) >= 11 is 1.12. The van der Waals surface area contributed by atoms with Gasteiger partial charge in [-0.2, -0.15) is 5.10 Å². The molecule has 2 heterocycles. The maximum atomic E-state index is 13.2. The molecule has 0 amide bonds. The highest BCUT2D eigenvalue weighted by Gasteiger charge is 2.19. The van der Waals surface area contributed by atoms with E-state index in [1.165, 1.54) is 18.2 Å². The quantitative estimate of drug-likeness (QED) is 0.719. The lowest BCUT2D eigenvalue weighted by Gasteiger charge is -2.06. The summed E-state index contributed by atoms with van der Waals surface area (Å²) in [7, 11) is -3.75. The van der Waals surface area contributed by atoms with Gasteiger partial charge in [0.25, 0.3) is 10.0 Å². The molecule has 0 fully saturated rings. The van der Waals surface area contributed by atoms with Crippen LogP contribution >= 0.6 is 11.3 Å². The first-order valence-corrected chi connectivity index (χ1v) is 9.75. The Morgan fingerprint density at radius 2 is 2.12 bits per heavy atom. The van der Waals surface area contributed by atoms with Crippen LogP contribution in [0.1, 0.15) is 13.3 Å². The maximum Gasteiger partial charge on any atom is 0.271 e. The van der Waals surface area contributed by atoms with Crippen molar-refractivity contribution >= 4 is 27.0 Å². The Bertz CT molecular complexity index is 948. The summed E-state index contributed by atoms with van der Waals surface area (Å²) in [5, 5.41) is 6.03. The molecule has 0 aliphatic rings. The Balaban J connectivity index is 1.88. The van der Waals surface area contributed by atoms with Crippen molar-refractivity contribution in [1.82, 2.24) is 9.78 Å². The molecule has 0 spiro atoms. The van der Waals surface area contributed by atoms with Gasteiger partial charge in [0.1, 0.15) is 10.0 Å². The van der Waals surface area contributed by atoms with Gasteiger partial charge >= 0.3 is 0 Å². The predicted molar refractivity (Wildman–Crippen MR) is 93.0 cm³/mol. The van der Waals surface area contributed by atoms with Gasteiger partial charge in [-0.05, 0) is 36.8 Å². The zero-order valence-corrected chi connectivity index (χ0v) is 14.6. The van der Waals surface area contributed by atoms with Crippen molar-refractivity contribution in [3.05, 3.63) is 53.8 Å². The van der Waals surface area contributed by atoms with Gasteiger partial charge in [-0.25, -0.2) is 12.8 Å². The molecule has 8 heteroatoms. The third kappa shape index (κ3) is 3.49. The van der Waals surface area contributed by atoms with E-state index in [1.807, 2.05) is 10.7 Å². The first-order chi connectivity index (χ1) is 11.5. The molecule has 24 heavy (non-hydrogen) atoms. The summed E-state index contributed by atoms with van der Waals surface area (Å²) in [6.45, 7) is 2.82. The fourth-order valence-electron chi connectivity index (χ4n) is 2.32. The number of rotatable bonds is 6. The van der Waals surface area contributed by atoms with E-state index in [0.717, 1.165) is 41.6 Å². The molecule has 0 radical (unpaired) electrons. The van der Waals surface area contributed by atoms with E-state index >= 15 is 0 Å². The minimum Gasteiger partial charge on any atom is -0.279 e. The van der Waals surface area contributed by atoms with Gasteiger partial charge in [-0.1, -0.05) is 13.0 Å².